The highest BCUT2D eigenvalue weighted by Crippen LogP contribution is 1.73. The van der Waals surface area contributed by atoms with Gasteiger partial charge in [-0.3, -0.25) is 4.98 Å². The van der Waals surface area contributed by atoms with E-state index in [1.165, 1.54) is 0 Å². The van der Waals surface area contributed by atoms with Crippen LogP contribution in [0, 0.1) is 0 Å². The molecule has 1 aromatic rings. The zero-order chi connectivity index (χ0) is 4.24. The Morgan fingerprint density at radius 2 is 2.33 bits per heavy atom. The maximum atomic E-state index is 3.78. The van der Waals surface area contributed by atoms with Gasteiger partial charge < -0.3 is 0 Å². The topological polar surface area (TPSA) is 12.9 Å². The van der Waals surface area contributed by atoms with Crippen molar-refractivity contribution in [2.24, 2.45) is 0 Å². The lowest BCUT2D eigenvalue weighted by molar-refractivity contribution is 1.33. The van der Waals surface area contributed by atoms with Crippen molar-refractivity contribution in [3.05, 3.63) is 30.6 Å². The Bertz CT molecular complexity index is 75.9. The van der Waals surface area contributed by atoms with E-state index in [1.54, 1.807) is 12.4 Å². The van der Waals surface area contributed by atoms with Crippen LogP contribution in [0.5, 0.6) is 0 Å². The summed E-state index contributed by atoms with van der Waals surface area (Å²) in [6.45, 7) is 0. The second-order valence-corrected chi connectivity index (χ2v) is 1.02. The van der Waals surface area contributed by atoms with Crippen LogP contribution >= 0.6 is 0 Å². The van der Waals surface area contributed by atoms with Crippen molar-refractivity contribution >= 4 is 0 Å². The normalized spacial score (nSPS) is 8.00. The Labute approximate surface area is 36.7 Å². The van der Waals surface area contributed by atoms with E-state index in [-0.39, 0.29) is 0 Å². The minimum absolute atomic E-state index is 1.75. The Kier molecular flexibility index (Phi) is 0.865. The van der Waals surface area contributed by atoms with Crippen LogP contribution in [0.15, 0.2) is 30.6 Å². The molecule has 1 heterocycles. The highest BCUT2D eigenvalue weighted by Gasteiger charge is 1.58. The number of nitrogens with zero attached hydrogens (tertiary/aromatic N) is 1. The van der Waals surface area contributed by atoms with Crippen molar-refractivity contribution in [1.29, 1.82) is 0 Å². The monoisotopic (exact) mass is 81.0 g/mol. The van der Waals surface area contributed by atoms with Gasteiger partial charge in [-0.25, -0.2) is 0 Å². The summed E-state index contributed by atoms with van der Waals surface area (Å²) in [6.07, 6.45) is 3.50. The summed E-state index contributed by atoms with van der Waals surface area (Å²) < 4.78 is 0. The predicted molar refractivity (Wildman–Crippen MR) is 24.2 cm³/mol. The molecule has 0 N–H and O–H groups in total. The molecule has 0 saturated heterocycles. The molecule has 0 spiro atoms. The zero-order valence-corrected chi connectivity index (χ0v) is 3.33. The van der Waals surface area contributed by atoms with Gasteiger partial charge in [0.05, 0.1) is 0 Å². The van der Waals surface area contributed by atoms with Crippen LogP contribution in [-0.4, -0.2) is 4.98 Å². The molecular weight excluding hydrogens is 76.1 g/mol. The molecule has 0 radical (unpaired) electrons. The molecule has 0 amide bonds. The average molecular weight is 81.1 g/mol. The molecule has 0 bridgehead atoms. The van der Waals surface area contributed by atoms with Gasteiger partial charge in [-0.15, -0.1) is 0 Å². The maximum Gasteiger partial charge on any atom is 0.0267 e. The van der Waals surface area contributed by atoms with Gasteiger partial charge in [-0.2, -0.15) is 0 Å². The maximum absolute atomic E-state index is 3.78. The van der Waals surface area contributed by atoms with Crippen LogP contribution in [0.25, 0.3) is 0 Å². The van der Waals surface area contributed by atoms with E-state index in [0.29, 0.717) is 0 Å². The molecule has 1 rings (SSSR count). The lowest BCUT2D eigenvalue weighted by Crippen LogP contribution is -1.58. The molecule has 1 nitrogen and oxygen atoms in total. The minimum atomic E-state index is 1.75. The minimum Gasteiger partial charge on any atom is -0.265 e. The Morgan fingerprint density at radius 3 is 2.50 bits per heavy atom. The molecule has 30 valence electrons. The number of aromatic nitrogens is 1. The van der Waals surface area contributed by atoms with Crippen LogP contribution in [0.1, 0.15) is 0 Å². The molecule has 0 saturated carbocycles. The van der Waals surface area contributed by atoms with Crippen molar-refractivity contribution in [1.82, 2.24) is 4.98 Å². The number of hydrogen-bond donors (Lipinski definition) is 0. The van der Waals surface area contributed by atoms with Gasteiger partial charge in [-0.05, 0) is 12.1 Å². The third-order valence-electron chi connectivity index (χ3n) is 0.566. The van der Waals surface area contributed by atoms with Crippen LogP contribution in [0.3, 0.4) is 0 Å². The van der Waals surface area contributed by atoms with Crippen LogP contribution in [-0.2, 0) is 0 Å². The lowest BCUT2D eigenvalue weighted by atomic mass is 10.6. The average Bonchev–Trinajstić information content (AvgIpc) is 1.72. The van der Waals surface area contributed by atoms with Gasteiger partial charge in [-0.1, -0.05) is 6.07 Å². The molecule has 0 aliphatic carbocycles. The second kappa shape index (κ2) is 1.55. The Hall–Kier alpha value is -0.850. The van der Waals surface area contributed by atoms with Crippen molar-refractivity contribution in [2.75, 3.05) is 0 Å². The van der Waals surface area contributed by atoms with Gasteiger partial charge in [0, 0.05) is 12.4 Å². The van der Waals surface area contributed by atoms with E-state index in [1.807, 2.05) is 18.2 Å². The molecule has 0 fully saturated rings. The smallest absolute Gasteiger partial charge is 0.0267 e. The second-order valence-electron chi connectivity index (χ2n) is 1.02. The largest absolute Gasteiger partial charge is 0.265 e. The molecule has 0 aromatic carbocycles. The third-order valence-corrected chi connectivity index (χ3v) is 0.566. The number of pyridine rings is 1. The summed E-state index contributed by atoms with van der Waals surface area (Å²) in [7, 11) is 0. The molecule has 0 aliphatic heterocycles. The Balaban J connectivity index is 3.00. The van der Waals surface area contributed by atoms with Gasteiger partial charge in [0.15, 0.2) is 0 Å². The summed E-state index contributed by atoms with van der Waals surface area (Å²) in [6, 6.07) is 5.72. The molecular formula is C5H5N. The lowest BCUT2D eigenvalue weighted by Gasteiger charge is -1.70. The molecule has 1 heteroatoms. The fraction of sp³-hybridized carbons (Fsp3) is 0. The van der Waals surface area contributed by atoms with Crippen molar-refractivity contribution < 1.29 is 0 Å². The van der Waals surface area contributed by atoms with E-state index >= 15 is 0 Å². The van der Waals surface area contributed by atoms with E-state index < -0.39 is 0 Å². The first-order valence-corrected chi connectivity index (χ1v) is 1.85. The van der Waals surface area contributed by atoms with E-state index in [0.717, 1.165) is 0 Å². The number of rotatable bonds is 0. The van der Waals surface area contributed by atoms with Crippen LogP contribution in [0.4, 0.5) is 0 Å². The quantitative estimate of drug-likeness (QED) is 0.455. The summed E-state index contributed by atoms with van der Waals surface area (Å²) in [5.74, 6) is 0. The van der Waals surface area contributed by atoms with E-state index in [4.69, 9.17) is 0 Å². The predicted octanol–water partition coefficient (Wildman–Crippen LogP) is 1.08. The van der Waals surface area contributed by atoms with E-state index in [9.17, 15) is 0 Å². The third kappa shape index (κ3) is 0.549. The molecule has 0 aliphatic rings. The van der Waals surface area contributed by atoms with Crippen LogP contribution < -0.4 is 0 Å². The summed E-state index contributed by atoms with van der Waals surface area (Å²) in [5, 5.41) is 0. The highest BCUT2D eigenvalue weighted by molar-refractivity contribution is 4.88. The standard InChI is InChI=1S/C5H5N/c1-2-4-6-5-3-1/h1-5H/i4+2. The first kappa shape index (κ1) is 3.34. The van der Waals surface area contributed by atoms with Gasteiger partial charge in [0.2, 0.25) is 0 Å². The molecule has 0 unspecified atom stereocenters. The Morgan fingerprint density at radius 1 is 1.33 bits per heavy atom. The summed E-state index contributed by atoms with van der Waals surface area (Å²) in [4.78, 5) is 3.78. The fourth-order valence-corrected chi connectivity index (χ4v) is 0.313. The molecule has 6 heavy (non-hydrogen) atoms. The first-order valence-electron chi connectivity index (χ1n) is 1.85. The van der Waals surface area contributed by atoms with Crippen molar-refractivity contribution in [3.8, 4) is 0 Å². The van der Waals surface area contributed by atoms with Crippen molar-refractivity contribution in [2.45, 2.75) is 0 Å². The van der Waals surface area contributed by atoms with Gasteiger partial charge in [0.1, 0.15) is 0 Å². The fourth-order valence-electron chi connectivity index (χ4n) is 0.313. The van der Waals surface area contributed by atoms with Gasteiger partial charge in [0.25, 0.3) is 0 Å². The zero-order valence-electron chi connectivity index (χ0n) is 3.33. The molecule has 0 atom stereocenters. The SMILES string of the molecule is c1ccn[14cH]c1. The first-order chi connectivity index (χ1) is 3.00. The van der Waals surface area contributed by atoms with E-state index in [2.05, 4.69) is 4.98 Å². The summed E-state index contributed by atoms with van der Waals surface area (Å²) in [5.41, 5.74) is 0. The summed E-state index contributed by atoms with van der Waals surface area (Å²) >= 11 is 0. The van der Waals surface area contributed by atoms with Gasteiger partial charge >= 0.3 is 0 Å². The molecule has 1 aromatic heterocycles. The number of hydrogen-bond acceptors (Lipinski definition) is 1. The van der Waals surface area contributed by atoms with Crippen molar-refractivity contribution in [3.63, 3.8) is 0 Å². The van der Waals surface area contributed by atoms with Crippen LogP contribution in [0.2, 0.25) is 0 Å². The highest BCUT2D eigenvalue weighted by atomic mass is 15.1.